The molecule has 0 aliphatic heterocycles. The van der Waals surface area contributed by atoms with Crippen LogP contribution in [0, 0.1) is 5.41 Å². The summed E-state index contributed by atoms with van der Waals surface area (Å²) in [6, 6.07) is 3.77. The van der Waals surface area contributed by atoms with E-state index in [4.69, 9.17) is 5.11 Å². The van der Waals surface area contributed by atoms with Gasteiger partial charge >= 0.3 is 5.97 Å². The van der Waals surface area contributed by atoms with Crippen LogP contribution in [-0.4, -0.2) is 11.1 Å². The van der Waals surface area contributed by atoms with Gasteiger partial charge in [0.1, 0.15) is 0 Å². The molecule has 0 aromatic carbocycles. The van der Waals surface area contributed by atoms with Crippen LogP contribution in [0.4, 0.5) is 0 Å². The molecule has 1 aromatic heterocycles. The van der Waals surface area contributed by atoms with Crippen molar-refractivity contribution in [2.24, 2.45) is 5.41 Å². The van der Waals surface area contributed by atoms with Gasteiger partial charge in [0.2, 0.25) is 0 Å². The molecule has 1 N–H and O–H groups in total. The van der Waals surface area contributed by atoms with Gasteiger partial charge in [0.25, 0.3) is 0 Å². The molecule has 0 aliphatic rings. The summed E-state index contributed by atoms with van der Waals surface area (Å²) in [6.45, 7) is 5.85. The zero-order valence-electron chi connectivity index (χ0n) is 8.07. The molecule has 72 valence electrons. The number of carboxylic acid groups (broad SMARTS) is 1. The van der Waals surface area contributed by atoms with Crippen molar-refractivity contribution in [2.45, 2.75) is 26.7 Å². The molecular formula is C10H14O2S. The van der Waals surface area contributed by atoms with E-state index in [0.717, 1.165) is 4.88 Å². The zero-order chi connectivity index (χ0) is 10.1. The molecule has 3 heteroatoms. The molecule has 1 atom stereocenters. The second kappa shape index (κ2) is 3.50. The molecule has 1 heterocycles. The van der Waals surface area contributed by atoms with Gasteiger partial charge in [0.05, 0.1) is 5.92 Å². The third-order valence-corrected chi connectivity index (χ3v) is 2.88. The van der Waals surface area contributed by atoms with Crippen LogP contribution >= 0.6 is 11.3 Å². The number of carbonyl (C=O) groups is 1. The first kappa shape index (κ1) is 10.3. The van der Waals surface area contributed by atoms with E-state index in [-0.39, 0.29) is 5.41 Å². The van der Waals surface area contributed by atoms with Crippen LogP contribution in [0.5, 0.6) is 0 Å². The van der Waals surface area contributed by atoms with Gasteiger partial charge in [-0.3, -0.25) is 4.79 Å². The van der Waals surface area contributed by atoms with Crippen molar-refractivity contribution in [3.63, 3.8) is 0 Å². The van der Waals surface area contributed by atoms with Crippen LogP contribution in [0.3, 0.4) is 0 Å². The number of carboxylic acids is 1. The zero-order valence-corrected chi connectivity index (χ0v) is 8.89. The van der Waals surface area contributed by atoms with E-state index in [9.17, 15) is 4.79 Å². The Bertz CT molecular complexity index is 282. The molecule has 1 rings (SSSR count). The third-order valence-electron chi connectivity index (χ3n) is 1.94. The van der Waals surface area contributed by atoms with E-state index < -0.39 is 11.9 Å². The van der Waals surface area contributed by atoms with Gasteiger partial charge in [-0.15, -0.1) is 11.3 Å². The van der Waals surface area contributed by atoms with Crippen LogP contribution in [0.25, 0.3) is 0 Å². The second-order valence-electron chi connectivity index (χ2n) is 4.15. The minimum absolute atomic E-state index is 0.226. The summed E-state index contributed by atoms with van der Waals surface area (Å²) in [6.07, 6.45) is 0. The van der Waals surface area contributed by atoms with E-state index in [0.29, 0.717) is 0 Å². The Balaban J connectivity index is 3.01. The molecule has 1 aromatic rings. The quantitative estimate of drug-likeness (QED) is 0.793. The van der Waals surface area contributed by atoms with Crippen LogP contribution in [0.1, 0.15) is 31.6 Å². The normalized spacial score (nSPS) is 14.1. The van der Waals surface area contributed by atoms with Crippen molar-refractivity contribution in [1.29, 1.82) is 0 Å². The molecule has 0 saturated heterocycles. The lowest BCUT2D eigenvalue weighted by Crippen LogP contribution is -2.25. The Morgan fingerprint density at radius 2 is 2.15 bits per heavy atom. The Morgan fingerprint density at radius 1 is 1.54 bits per heavy atom. The highest BCUT2D eigenvalue weighted by atomic mass is 32.1. The average Bonchev–Trinajstić information content (AvgIpc) is 2.34. The topological polar surface area (TPSA) is 37.3 Å². The molecule has 0 saturated carbocycles. The lowest BCUT2D eigenvalue weighted by Gasteiger charge is -2.25. The number of aliphatic carboxylic acids is 1. The van der Waals surface area contributed by atoms with Gasteiger partial charge in [-0.2, -0.15) is 0 Å². The molecule has 2 nitrogen and oxygen atoms in total. The highest BCUT2D eigenvalue weighted by Gasteiger charge is 2.33. The van der Waals surface area contributed by atoms with Crippen LogP contribution in [0.15, 0.2) is 17.5 Å². The highest BCUT2D eigenvalue weighted by molar-refractivity contribution is 7.10. The maximum Gasteiger partial charge on any atom is 0.312 e. The van der Waals surface area contributed by atoms with E-state index >= 15 is 0 Å². The summed E-state index contributed by atoms with van der Waals surface area (Å²) < 4.78 is 0. The Kier molecular flexibility index (Phi) is 2.76. The molecule has 0 bridgehead atoms. The van der Waals surface area contributed by atoms with Gasteiger partial charge in [-0.1, -0.05) is 26.8 Å². The Morgan fingerprint density at radius 3 is 2.46 bits per heavy atom. The number of hydrogen-bond donors (Lipinski definition) is 1. The first-order chi connectivity index (χ1) is 5.93. The van der Waals surface area contributed by atoms with Gasteiger partial charge < -0.3 is 5.11 Å². The fourth-order valence-electron chi connectivity index (χ4n) is 1.37. The summed E-state index contributed by atoms with van der Waals surface area (Å²) in [4.78, 5) is 12.0. The lowest BCUT2D eigenvalue weighted by atomic mass is 9.80. The van der Waals surface area contributed by atoms with Gasteiger partial charge in [-0.25, -0.2) is 0 Å². The highest BCUT2D eigenvalue weighted by Crippen LogP contribution is 2.37. The third kappa shape index (κ3) is 2.31. The van der Waals surface area contributed by atoms with Crippen LogP contribution < -0.4 is 0 Å². The summed E-state index contributed by atoms with van der Waals surface area (Å²) in [5.74, 6) is -1.14. The summed E-state index contributed by atoms with van der Waals surface area (Å²) in [5, 5.41) is 11.0. The molecule has 0 aliphatic carbocycles. The van der Waals surface area contributed by atoms with Crippen molar-refractivity contribution in [2.75, 3.05) is 0 Å². The molecule has 1 unspecified atom stereocenters. The maximum atomic E-state index is 11.1. The van der Waals surface area contributed by atoms with Crippen molar-refractivity contribution in [1.82, 2.24) is 0 Å². The van der Waals surface area contributed by atoms with Crippen molar-refractivity contribution < 1.29 is 9.90 Å². The summed E-state index contributed by atoms with van der Waals surface area (Å²) >= 11 is 1.51. The van der Waals surface area contributed by atoms with Crippen molar-refractivity contribution in [3.8, 4) is 0 Å². The molecule has 0 spiro atoms. The van der Waals surface area contributed by atoms with E-state index in [1.165, 1.54) is 11.3 Å². The van der Waals surface area contributed by atoms with Crippen molar-refractivity contribution in [3.05, 3.63) is 22.4 Å². The monoisotopic (exact) mass is 198 g/mol. The molecule has 0 fully saturated rings. The Hall–Kier alpha value is -0.830. The van der Waals surface area contributed by atoms with Gasteiger partial charge in [0.15, 0.2) is 0 Å². The fraction of sp³-hybridized carbons (Fsp3) is 0.500. The van der Waals surface area contributed by atoms with Crippen LogP contribution in [0.2, 0.25) is 0 Å². The molecule has 0 amide bonds. The van der Waals surface area contributed by atoms with Gasteiger partial charge in [-0.05, 0) is 16.9 Å². The van der Waals surface area contributed by atoms with E-state index in [1.807, 2.05) is 38.3 Å². The summed E-state index contributed by atoms with van der Waals surface area (Å²) in [7, 11) is 0. The first-order valence-corrected chi connectivity index (χ1v) is 5.07. The van der Waals surface area contributed by atoms with Crippen molar-refractivity contribution >= 4 is 17.3 Å². The number of rotatable bonds is 2. The largest absolute Gasteiger partial charge is 0.481 e. The molecular weight excluding hydrogens is 184 g/mol. The molecule has 0 radical (unpaired) electrons. The predicted molar refractivity (Wildman–Crippen MR) is 54.2 cm³/mol. The minimum Gasteiger partial charge on any atom is -0.481 e. The molecule has 13 heavy (non-hydrogen) atoms. The average molecular weight is 198 g/mol. The minimum atomic E-state index is -0.741. The van der Waals surface area contributed by atoms with E-state index in [2.05, 4.69) is 0 Å². The number of hydrogen-bond acceptors (Lipinski definition) is 2. The lowest BCUT2D eigenvalue weighted by molar-refractivity contribution is -0.141. The summed E-state index contributed by atoms with van der Waals surface area (Å²) in [5.41, 5.74) is -0.226. The van der Waals surface area contributed by atoms with Crippen LogP contribution in [-0.2, 0) is 4.79 Å². The van der Waals surface area contributed by atoms with E-state index in [1.54, 1.807) is 0 Å². The SMILES string of the molecule is CC(C)(C)C(C(=O)O)c1cccs1. The van der Waals surface area contributed by atoms with Gasteiger partial charge in [0, 0.05) is 4.88 Å². The second-order valence-corrected chi connectivity index (χ2v) is 5.13. The maximum absolute atomic E-state index is 11.1. The smallest absolute Gasteiger partial charge is 0.312 e. The fourth-order valence-corrected chi connectivity index (χ4v) is 2.44. The standard InChI is InChI=1S/C10H14O2S/c1-10(2,3)8(9(11)12)7-5-4-6-13-7/h4-6,8H,1-3H3,(H,11,12). The first-order valence-electron chi connectivity index (χ1n) is 4.19. The predicted octanol–water partition coefficient (Wildman–Crippen LogP) is 2.96. The number of thiophene rings is 1. The Labute approximate surface area is 82.2 Å².